The van der Waals surface area contributed by atoms with Crippen LogP contribution < -0.4 is 9.47 Å². The topological polar surface area (TPSA) is 58.4 Å². The molecule has 0 aliphatic carbocycles. The van der Waals surface area contributed by atoms with Gasteiger partial charge in [0.15, 0.2) is 11.0 Å². The number of rotatable bonds is 10. The highest BCUT2D eigenvalue weighted by molar-refractivity contribution is 7.99. The molecule has 1 aliphatic rings. The van der Waals surface area contributed by atoms with Crippen molar-refractivity contribution in [3.8, 4) is 22.9 Å². The van der Waals surface area contributed by atoms with Crippen LogP contribution in [0.5, 0.6) is 11.5 Å². The molecule has 0 amide bonds. The van der Waals surface area contributed by atoms with Gasteiger partial charge in [0.1, 0.15) is 11.5 Å². The van der Waals surface area contributed by atoms with Crippen LogP contribution in [0.2, 0.25) is 0 Å². The van der Waals surface area contributed by atoms with Gasteiger partial charge >= 0.3 is 0 Å². The lowest BCUT2D eigenvalue weighted by Crippen LogP contribution is -2.16. The maximum atomic E-state index is 5.93. The molecule has 0 saturated carbocycles. The lowest BCUT2D eigenvalue weighted by atomic mass is 10.1. The molecule has 4 rings (SSSR count). The summed E-state index contributed by atoms with van der Waals surface area (Å²) in [5.41, 5.74) is 3.57. The molecule has 1 unspecified atom stereocenters. The highest BCUT2D eigenvalue weighted by atomic mass is 32.2. The Morgan fingerprint density at radius 2 is 1.88 bits per heavy atom. The molecule has 0 bridgehead atoms. The summed E-state index contributed by atoms with van der Waals surface area (Å²) in [5.74, 6) is 3.55. The summed E-state index contributed by atoms with van der Waals surface area (Å²) < 4.78 is 19.3. The van der Waals surface area contributed by atoms with Gasteiger partial charge in [0.05, 0.1) is 26.4 Å². The summed E-state index contributed by atoms with van der Waals surface area (Å²) in [6, 6.07) is 14.2. The summed E-state index contributed by atoms with van der Waals surface area (Å²) in [6.07, 6.45) is 3.34. The van der Waals surface area contributed by atoms with Crippen LogP contribution in [0.4, 0.5) is 0 Å². The largest absolute Gasteiger partial charge is 0.497 e. The van der Waals surface area contributed by atoms with Crippen molar-refractivity contribution in [2.45, 2.75) is 50.9 Å². The molecule has 2 aromatic carbocycles. The van der Waals surface area contributed by atoms with Crippen molar-refractivity contribution in [3.63, 3.8) is 0 Å². The van der Waals surface area contributed by atoms with Gasteiger partial charge in [-0.05, 0) is 80.6 Å². The van der Waals surface area contributed by atoms with E-state index in [2.05, 4.69) is 40.7 Å². The quantitative estimate of drug-likeness (QED) is 0.306. The maximum Gasteiger partial charge on any atom is 0.191 e. The summed E-state index contributed by atoms with van der Waals surface area (Å²) >= 11 is 1.72. The van der Waals surface area contributed by atoms with Gasteiger partial charge in [-0.3, -0.25) is 4.57 Å². The summed E-state index contributed by atoms with van der Waals surface area (Å²) in [5, 5.41) is 9.94. The minimum absolute atomic E-state index is 0.218. The third-order valence-corrected chi connectivity index (χ3v) is 6.80. The van der Waals surface area contributed by atoms with Crippen LogP contribution in [0.25, 0.3) is 11.4 Å². The summed E-state index contributed by atoms with van der Waals surface area (Å²) in [4.78, 5) is 0. The Morgan fingerprint density at radius 1 is 1.06 bits per heavy atom. The third-order valence-electron chi connectivity index (χ3n) is 5.74. The van der Waals surface area contributed by atoms with Gasteiger partial charge in [-0.15, -0.1) is 10.2 Å². The molecule has 3 aromatic rings. The van der Waals surface area contributed by atoms with E-state index in [-0.39, 0.29) is 6.10 Å². The second-order valence-electron chi connectivity index (χ2n) is 8.08. The minimum Gasteiger partial charge on any atom is -0.497 e. The zero-order valence-corrected chi connectivity index (χ0v) is 19.9. The van der Waals surface area contributed by atoms with Crippen molar-refractivity contribution in [1.29, 1.82) is 0 Å². The van der Waals surface area contributed by atoms with E-state index in [0.29, 0.717) is 6.61 Å². The molecule has 1 atom stereocenters. The number of nitrogens with zero attached hydrogens (tertiary/aromatic N) is 3. The average Bonchev–Trinajstić information content (AvgIpc) is 3.47. The van der Waals surface area contributed by atoms with Crippen LogP contribution >= 0.6 is 11.8 Å². The zero-order valence-electron chi connectivity index (χ0n) is 19.0. The molecule has 1 fully saturated rings. The van der Waals surface area contributed by atoms with E-state index in [1.54, 1.807) is 18.9 Å². The Bertz CT molecular complexity index is 1010. The smallest absolute Gasteiger partial charge is 0.191 e. The van der Waals surface area contributed by atoms with E-state index < -0.39 is 0 Å². The van der Waals surface area contributed by atoms with E-state index >= 15 is 0 Å². The number of aromatic nitrogens is 3. The number of methoxy groups -OCH3 is 1. The first-order valence-corrected chi connectivity index (χ1v) is 12.1. The van der Waals surface area contributed by atoms with Gasteiger partial charge in [0.25, 0.3) is 0 Å². The van der Waals surface area contributed by atoms with Crippen LogP contribution in [0, 0.1) is 13.8 Å². The van der Waals surface area contributed by atoms with Crippen molar-refractivity contribution in [2.75, 3.05) is 26.1 Å². The first-order valence-electron chi connectivity index (χ1n) is 11.2. The highest BCUT2D eigenvalue weighted by Gasteiger charge is 2.21. The number of ether oxygens (including phenoxy) is 3. The van der Waals surface area contributed by atoms with Crippen molar-refractivity contribution in [2.24, 2.45) is 0 Å². The maximum absolute atomic E-state index is 5.93. The van der Waals surface area contributed by atoms with Gasteiger partial charge in [-0.1, -0.05) is 17.8 Å². The van der Waals surface area contributed by atoms with Gasteiger partial charge in [0.2, 0.25) is 0 Å². The van der Waals surface area contributed by atoms with Crippen molar-refractivity contribution >= 4 is 11.8 Å². The average molecular weight is 454 g/mol. The molecule has 1 aliphatic heterocycles. The van der Waals surface area contributed by atoms with Crippen LogP contribution in [0.3, 0.4) is 0 Å². The first-order chi connectivity index (χ1) is 15.6. The molecule has 1 saturated heterocycles. The van der Waals surface area contributed by atoms with Gasteiger partial charge < -0.3 is 14.2 Å². The number of benzene rings is 2. The number of hydrogen-bond donors (Lipinski definition) is 0. The molecule has 1 aromatic heterocycles. The fraction of sp³-hybridized carbons (Fsp3) is 0.440. The fourth-order valence-corrected chi connectivity index (χ4v) is 4.58. The Balaban J connectivity index is 1.39. The molecule has 0 spiro atoms. The molecule has 0 N–H and O–H groups in total. The van der Waals surface area contributed by atoms with E-state index in [1.165, 1.54) is 11.1 Å². The predicted molar refractivity (Wildman–Crippen MR) is 128 cm³/mol. The second-order valence-corrected chi connectivity index (χ2v) is 9.14. The number of hydrogen-bond acceptors (Lipinski definition) is 6. The van der Waals surface area contributed by atoms with Gasteiger partial charge in [-0.2, -0.15) is 0 Å². The van der Waals surface area contributed by atoms with Crippen LogP contribution in [-0.2, 0) is 11.3 Å². The second kappa shape index (κ2) is 10.9. The highest BCUT2D eigenvalue weighted by Crippen LogP contribution is 2.28. The molecule has 32 heavy (non-hydrogen) atoms. The first kappa shape index (κ1) is 22.7. The Kier molecular flexibility index (Phi) is 7.71. The predicted octanol–water partition coefficient (Wildman–Crippen LogP) is 5.31. The lowest BCUT2D eigenvalue weighted by Gasteiger charge is -2.15. The SMILES string of the molecule is COc1ccc(-c2nnc(SCCCOc3ccc(C)c(C)c3)n2CC2CCCO2)cc1. The number of aryl methyl sites for hydroxylation is 2. The minimum atomic E-state index is 0.218. The Hall–Kier alpha value is -2.51. The van der Waals surface area contributed by atoms with Gasteiger partial charge in [0, 0.05) is 17.9 Å². The molecule has 170 valence electrons. The fourth-order valence-electron chi connectivity index (χ4n) is 3.72. The van der Waals surface area contributed by atoms with E-state index in [0.717, 1.165) is 66.2 Å². The molecule has 6 nitrogen and oxygen atoms in total. The number of thioether (sulfide) groups is 1. The van der Waals surface area contributed by atoms with Crippen LogP contribution in [0.1, 0.15) is 30.4 Å². The van der Waals surface area contributed by atoms with Crippen LogP contribution in [-0.4, -0.2) is 46.9 Å². The Morgan fingerprint density at radius 3 is 2.59 bits per heavy atom. The third kappa shape index (κ3) is 5.64. The molecule has 0 radical (unpaired) electrons. The normalized spacial score (nSPS) is 15.8. The summed E-state index contributed by atoms with van der Waals surface area (Å²) in [7, 11) is 1.67. The van der Waals surface area contributed by atoms with E-state index in [9.17, 15) is 0 Å². The molecular weight excluding hydrogens is 422 g/mol. The Labute approximate surface area is 194 Å². The van der Waals surface area contributed by atoms with Crippen molar-refractivity contribution in [1.82, 2.24) is 14.8 Å². The van der Waals surface area contributed by atoms with Crippen LogP contribution in [0.15, 0.2) is 47.6 Å². The standard InChI is InChI=1S/C25H31N3O3S/c1-18-7-10-22(16-19(18)2)30-14-5-15-32-25-27-26-24(20-8-11-21(29-3)12-9-20)28(25)17-23-6-4-13-31-23/h7-12,16,23H,4-6,13-15,17H2,1-3H3. The molecule has 7 heteroatoms. The lowest BCUT2D eigenvalue weighted by molar-refractivity contribution is 0.0953. The van der Waals surface area contributed by atoms with Crippen molar-refractivity contribution < 1.29 is 14.2 Å². The molecule has 2 heterocycles. The summed E-state index contributed by atoms with van der Waals surface area (Å²) in [6.45, 7) is 6.52. The zero-order chi connectivity index (χ0) is 22.3. The van der Waals surface area contributed by atoms with Gasteiger partial charge in [-0.25, -0.2) is 0 Å². The van der Waals surface area contributed by atoms with Crippen molar-refractivity contribution in [3.05, 3.63) is 53.6 Å². The monoisotopic (exact) mass is 453 g/mol. The van der Waals surface area contributed by atoms with E-state index in [1.807, 2.05) is 30.3 Å². The molecular formula is C25H31N3O3S. The van der Waals surface area contributed by atoms with E-state index in [4.69, 9.17) is 14.2 Å².